The number of carboxylic acid groups (broad SMARTS) is 1. The first kappa shape index (κ1) is 24.6. The van der Waals surface area contributed by atoms with E-state index in [0.29, 0.717) is 29.1 Å². The third kappa shape index (κ3) is 5.14. The summed E-state index contributed by atoms with van der Waals surface area (Å²) >= 11 is 5.90. The van der Waals surface area contributed by atoms with Gasteiger partial charge in [-0.2, -0.15) is 5.26 Å². The largest absolute Gasteiger partial charge is 0.476 e. The lowest BCUT2D eigenvalue weighted by Gasteiger charge is -2.35. The first-order valence-electron chi connectivity index (χ1n) is 11.5. The van der Waals surface area contributed by atoms with Crippen LogP contribution in [0.4, 0.5) is 11.5 Å². The molecule has 0 unspecified atom stereocenters. The molecule has 0 saturated carbocycles. The number of aryl methyl sites for hydroxylation is 1. The molecule has 3 heterocycles. The molecule has 0 spiro atoms. The number of nitrogens with one attached hydrogen (secondary N) is 1. The zero-order valence-electron chi connectivity index (χ0n) is 19.8. The number of carboxylic acids is 1. The Hall–Kier alpha value is -3.48. The van der Waals surface area contributed by atoms with Crippen LogP contribution in [0, 0.1) is 24.2 Å². The molecule has 1 aliphatic rings. The van der Waals surface area contributed by atoms with E-state index in [4.69, 9.17) is 16.6 Å². The van der Waals surface area contributed by atoms with Crippen molar-refractivity contribution in [2.75, 3.05) is 23.3 Å². The summed E-state index contributed by atoms with van der Waals surface area (Å²) < 4.78 is 0. The molecule has 0 aliphatic carbocycles. The first-order chi connectivity index (χ1) is 16.7. The lowest BCUT2D eigenvalue weighted by atomic mass is 9.93. The average molecular weight is 495 g/mol. The number of hydrogen-bond acceptors (Lipinski definition) is 8. The Bertz CT molecular complexity index is 1320. The van der Waals surface area contributed by atoms with Gasteiger partial charge in [0.2, 0.25) is 0 Å². The summed E-state index contributed by atoms with van der Waals surface area (Å²) in [6.45, 7) is 6.95. The molecule has 0 bridgehead atoms. The zero-order chi connectivity index (χ0) is 25.3. The number of aromatic carboxylic acids is 1. The van der Waals surface area contributed by atoms with Gasteiger partial charge in [0, 0.05) is 24.6 Å². The number of hydrogen-bond donors (Lipinski definition) is 3. The van der Waals surface area contributed by atoms with Gasteiger partial charge in [-0.3, -0.25) is 0 Å². The number of benzene rings is 1. The molecule has 1 fully saturated rings. The standard InChI is InChI=1S/C25H27ClN6O3/c1-13-9-17(14(2)28-18-6-7-21(26)30-23(18)25(34)35)22-19(10-13)29-20(11-27)24(31-22)32-8-4-5-16(12-32)15(3)33/h6-7,9-10,14-16,28,33H,4-5,8,12H2,1-3H3,(H,34,35)/t14-,15+,16-/m1/s1. The van der Waals surface area contributed by atoms with Crippen LogP contribution in [-0.2, 0) is 0 Å². The summed E-state index contributed by atoms with van der Waals surface area (Å²) in [6.07, 6.45) is 1.36. The fourth-order valence-electron chi connectivity index (χ4n) is 4.57. The number of aromatic nitrogens is 3. The fourth-order valence-corrected chi connectivity index (χ4v) is 4.72. The molecular weight excluding hydrogens is 468 g/mol. The molecule has 1 aliphatic heterocycles. The highest BCUT2D eigenvalue weighted by Crippen LogP contribution is 2.32. The number of anilines is 2. The number of pyridine rings is 1. The van der Waals surface area contributed by atoms with E-state index in [9.17, 15) is 20.3 Å². The SMILES string of the molecule is Cc1cc([C@@H](C)Nc2ccc(Cl)nc2C(=O)O)c2nc(N3CCC[C@@H]([C@H](C)O)C3)c(C#N)nc2c1. The molecule has 35 heavy (non-hydrogen) atoms. The number of aliphatic hydroxyl groups excluding tert-OH is 1. The van der Waals surface area contributed by atoms with Crippen LogP contribution in [0.1, 0.15) is 60.0 Å². The summed E-state index contributed by atoms with van der Waals surface area (Å²) in [5.41, 5.74) is 3.38. The Labute approximate surface area is 208 Å². The summed E-state index contributed by atoms with van der Waals surface area (Å²) in [7, 11) is 0. The van der Waals surface area contributed by atoms with E-state index >= 15 is 0 Å². The highest BCUT2D eigenvalue weighted by Gasteiger charge is 2.27. The van der Waals surface area contributed by atoms with Crippen molar-refractivity contribution < 1.29 is 15.0 Å². The Morgan fingerprint density at radius 2 is 2.06 bits per heavy atom. The second-order valence-corrected chi connectivity index (χ2v) is 9.41. The van der Waals surface area contributed by atoms with Gasteiger partial charge in [-0.15, -0.1) is 0 Å². The van der Waals surface area contributed by atoms with Gasteiger partial charge in [0.1, 0.15) is 11.2 Å². The molecule has 0 amide bonds. The lowest BCUT2D eigenvalue weighted by molar-refractivity contribution is 0.0691. The second-order valence-electron chi connectivity index (χ2n) is 9.02. The van der Waals surface area contributed by atoms with Gasteiger partial charge in [-0.25, -0.2) is 19.7 Å². The van der Waals surface area contributed by atoms with Crippen molar-refractivity contribution in [1.82, 2.24) is 15.0 Å². The van der Waals surface area contributed by atoms with Gasteiger partial charge < -0.3 is 20.4 Å². The van der Waals surface area contributed by atoms with Gasteiger partial charge in [0.15, 0.2) is 17.2 Å². The minimum atomic E-state index is -1.19. The van der Waals surface area contributed by atoms with Crippen molar-refractivity contribution in [3.8, 4) is 6.07 Å². The second kappa shape index (κ2) is 10.0. The molecule has 1 aromatic carbocycles. The van der Waals surface area contributed by atoms with E-state index in [2.05, 4.69) is 21.4 Å². The van der Waals surface area contributed by atoms with Crippen molar-refractivity contribution in [1.29, 1.82) is 5.26 Å². The molecule has 3 N–H and O–H groups in total. The number of nitrogens with zero attached hydrogens (tertiary/aromatic N) is 5. The maximum atomic E-state index is 11.7. The molecule has 9 nitrogen and oxygen atoms in total. The van der Waals surface area contributed by atoms with Crippen LogP contribution in [-0.4, -0.2) is 50.3 Å². The molecule has 10 heteroatoms. The van der Waals surface area contributed by atoms with Gasteiger partial charge in [0.25, 0.3) is 0 Å². The summed E-state index contributed by atoms with van der Waals surface area (Å²) in [5.74, 6) is -0.588. The van der Waals surface area contributed by atoms with Crippen LogP contribution in [0.5, 0.6) is 0 Å². The van der Waals surface area contributed by atoms with Gasteiger partial charge in [-0.1, -0.05) is 17.7 Å². The lowest BCUT2D eigenvalue weighted by Crippen LogP contribution is -2.40. The average Bonchev–Trinajstić information content (AvgIpc) is 2.83. The van der Waals surface area contributed by atoms with Crippen molar-refractivity contribution in [3.05, 3.63) is 51.9 Å². The predicted octanol–water partition coefficient (Wildman–Crippen LogP) is 4.33. The normalized spacial score (nSPS) is 17.6. The Morgan fingerprint density at radius 3 is 2.74 bits per heavy atom. The summed E-state index contributed by atoms with van der Waals surface area (Å²) in [4.78, 5) is 27.2. The molecule has 4 rings (SSSR count). The Morgan fingerprint density at radius 1 is 1.29 bits per heavy atom. The fraction of sp³-hybridized carbons (Fsp3) is 0.400. The van der Waals surface area contributed by atoms with Crippen LogP contribution in [0.25, 0.3) is 11.0 Å². The van der Waals surface area contributed by atoms with E-state index < -0.39 is 12.1 Å². The Balaban J connectivity index is 1.78. The van der Waals surface area contributed by atoms with Crippen molar-refractivity contribution in [2.45, 2.75) is 45.8 Å². The number of halogens is 1. The van der Waals surface area contributed by atoms with Crippen LogP contribution in [0.2, 0.25) is 5.15 Å². The number of fused-ring (bicyclic) bond motifs is 1. The quantitative estimate of drug-likeness (QED) is 0.428. The van der Waals surface area contributed by atoms with Crippen LogP contribution < -0.4 is 10.2 Å². The summed E-state index contributed by atoms with van der Waals surface area (Å²) in [5, 5.41) is 32.8. The van der Waals surface area contributed by atoms with E-state index in [0.717, 1.165) is 30.5 Å². The first-order valence-corrected chi connectivity index (χ1v) is 11.9. The third-order valence-corrected chi connectivity index (χ3v) is 6.58. The molecule has 1 saturated heterocycles. The Kier molecular flexibility index (Phi) is 7.05. The van der Waals surface area contributed by atoms with Crippen LogP contribution in [0.15, 0.2) is 24.3 Å². The molecule has 182 valence electrons. The van der Waals surface area contributed by atoms with E-state index in [1.807, 2.05) is 30.9 Å². The number of carbonyl (C=O) groups is 1. The monoisotopic (exact) mass is 494 g/mol. The topological polar surface area (TPSA) is 135 Å². The summed E-state index contributed by atoms with van der Waals surface area (Å²) in [6, 6.07) is 8.81. The number of nitriles is 1. The minimum absolute atomic E-state index is 0.0951. The maximum Gasteiger partial charge on any atom is 0.356 e. The number of piperidine rings is 1. The van der Waals surface area contributed by atoms with Gasteiger partial charge in [0.05, 0.1) is 28.9 Å². The molecule has 3 atom stereocenters. The van der Waals surface area contributed by atoms with Crippen LogP contribution >= 0.6 is 11.6 Å². The molecule has 0 radical (unpaired) electrons. The van der Waals surface area contributed by atoms with Gasteiger partial charge in [-0.05, 0) is 57.4 Å². The predicted molar refractivity (Wildman–Crippen MR) is 134 cm³/mol. The highest BCUT2D eigenvalue weighted by atomic mass is 35.5. The van der Waals surface area contributed by atoms with Gasteiger partial charge >= 0.3 is 5.97 Å². The third-order valence-electron chi connectivity index (χ3n) is 6.37. The van der Waals surface area contributed by atoms with Crippen molar-refractivity contribution in [2.24, 2.45) is 5.92 Å². The van der Waals surface area contributed by atoms with E-state index in [-0.39, 0.29) is 28.5 Å². The van der Waals surface area contributed by atoms with E-state index in [1.54, 1.807) is 13.0 Å². The number of aliphatic hydroxyl groups is 1. The zero-order valence-corrected chi connectivity index (χ0v) is 20.5. The molecule has 3 aromatic rings. The number of rotatable bonds is 6. The smallest absolute Gasteiger partial charge is 0.356 e. The van der Waals surface area contributed by atoms with Crippen molar-refractivity contribution >= 4 is 40.1 Å². The van der Waals surface area contributed by atoms with Crippen molar-refractivity contribution in [3.63, 3.8) is 0 Å². The van der Waals surface area contributed by atoms with E-state index in [1.165, 1.54) is 6.07 Å². The highest BCUT2D eigenvalue weighted by molar-refractivity contribution is 6.29. The maximum absolute atomic E-state index is 11.7. The van der Waals surface area contributed by atoms with Crippen LogP contribution in [0.3, 0.4) is 0 Å². The molecular formula is C25H27ClN6O3. The minimum Gasteiger partial charge on any atom is -0.476 e. The molecule has 2 aromatic heterocycles.